The van der Waals surface area contributed by atoms with Gasteiger partial charge in [0, 0.05) is 11.6 Å². The zero-order chi connectivity index (χ0) is 22.5. The summed E-state index contributed by atoms with van der Waals surface area (Å²) < 4.78 is 47.6. The van der Waals surface area contributed by atoms with Gasteiger partial charge in [-0.05, 0) is 66.4 Å². The first kappa shape index (κ1) is 21.9. The van der Waals surface area contributed by atoms with Crippen LogP contribution in [0.3, 0.4) is 0 Å². The van der Waals surface area contributed by atoms with Crippen LogP contribution >= 0.6 is 0 Å². The number of nitrogens with one attached hydrogen (secondary N) is 1. The van der Waals surface area contributed by atoms with Crippen molar-refractivity contribution < 1.29 is 22.7 Å². The van der Waals surface area contributed by atoms with Gasteiger partial charge in [-0.2, -0.15) is 0 Å². The number of hydrogen-bond donors (Lipinski definition) is 1. The minimum Gasteiger partial charge on any atom is -0.478 e. The van der Waals surface area contributed by atoms with E-state index in [9.17, 15) is 18.0 Å². The van der Waals surface area contributed by atoms with Crippen LogP contribution in [0.2, 0.25) is 0 Å². The quantitative estimate of drug-likeness (QED) is 0.487. The van der Waals surface area contributed by atoms with Crippen LogP contribution in [0.15, 0.2) is 66.7 Å². The first-order valence-electron chi connectivity index (χ1n) is 10.8. The van der Waals surface area contributed by atoms with Gasteiger partial charge in [0.05, 0.1) is 0 Å². The third kappa shape index (κ3) is 5.31. The molecule has 1 amide bonds. The van der Waals surface area contributed by atoms with E-state index < -0.39 is 23.6 Å². The Kier molecular flexibility index (Phi) is 6.78. The summed E-state index contributed by atoms with van der Waals surface area (Å²) in [5, 5.41) is 2.97. The Balaban J connectivity index is 1.55. The van der Waals surface area contributed by atoms with Crippen molar-refractivity contribution in [2.45, 2.75) is 44.2 Å². The maximum absolute atomic E-state index is 14.9. The van der Waals surface area contributed by atoms with Gasteiger partial charge in [0.2, 0.25) is 0 Å². The molecule has 3 aromatic rings. The largest absolute Gasteiger partial charge is 0.478 e. The summed E-state index contributed by atoms with van der Waals surface area (Å²) in [5.41, 5.74) is 1.38. The Bertz CT molecular complexity index is 1020. The van der Waals surface area contributed by atoms with Crippen molar-refractivity contribution in [2.75, 3.05) is 0 Å². The van der Waals surface area contributed by atoms with Crippen molar-refractivity contribution in [2.24, 2.45) is 0 Å². The van der Waals surface area contributed by atoms with Crippen LogP contribution in [0.4, 0.5) is 13.2 Å². The Morgan fingerprint density at radius 3 is 1.91 bits per heavy atom. The van der Waals surface area contributed by atoms with Crippen LogP contribution in [0, 0.1) is 17.5 Å². The molecule has 0 aromatic heterocycles. The van der Waals surface area contributed by atoms with Gasteiger partial charge < -0.3 is 10.1 Å². The van der Waals surface area contributed by atoms with E-state index in [1.165, 1.54) is 67.1 Å². The predicted molar refractivity (Wildman–Crippen MR) is 116 cm³/mol. The van der Waals surface area contributed by atoms with E-state index in [1.807, 2.05) is 0 Å². The lowest BCUT2D eigenvalue weighted by molar-refractivity contribution is 0.0927. The van der Waals surface area contributed by atoms with E-state index in [1.54, 1.807) is 0 Å². The maximum atomic E-state index is 14.9. The van der Waals surface area contributed by atoms with Gasteiger partial charge >= 0.3 is 0 Å². The van der Waals surface area contributed by atoms with Crippen LogP contribution in [-0.2, 0) is 0 Å². The average Bonchev–Trinajstić information content (AvgIpc) is 2.80. The molecule has 4 rings (SSSR count). The van der Waals surface area contributed by atoms with Gasteiger partial charge in [0.15, 0.2) is 11.6 Å². The molecule has 0 unspecified atom stereocenters. The van der Waals surface area contributed by atoms with Gasteiger partial charge in [-0.1, -0.05) is 43.5 Å². The summed E-state index contributed by atoms with van der Waals surface area (Å²) in [6, 6.07) is 15.5. The lowest BCUT2D eigenvalue weighted by Crippen LogP contribution is -2.36. The highest BCUT2D eigenvalue weighted by Gasteiger charge is 2.21. The molecule has 6 heteroatoms. The average molecular weight is 439 g/mol. The van der Waals surface area contributed by atoms with Gasteiger partial charge in [0.25, 0.3) is 5.91 Å². The summed E-state index contributed by atoms with van der Waals surface area (Å²) >= 11 is 0. The first-order valence-corrected chi connectivity index (χ1v) is 10.8. The highest BCUT2D eigenvalue weighted by Crippen LogP contribution is 2.31. The molecule has 0 aliphatic heterocycles. The highest BCUT2D eigenvalue weighted by molar-refractivity contribution is 5.94. The second kappa shape index (κ2) is 9.90. The number of amides is 1. The second-order valence-corrected chi connectivity index (χ2v) is 8.05. The Morgan fingerprint density at radius 2 is 1.38 bits per heavy atom. The molecule has 32 heavy (non-hydrogen) atoms. The number of ether oxygens (including phenoxy) is 1. The molecule has 166 valence electrons. The normalized spacial score (nSPS) is 14.4. The fraction of sp³-hybridized carbons (Fsp3) is 0.269. The van der Waals surface area contributed by atoms with Gasteiger partial charge in [0.1, 0.15) is 17.7 Å². The van der Waals surface area contributed by atoms with E-state index in [0.29, 0.717) is 11.1 Å². The Morgan fingerprint density at radius 1 is 0.812 bits per heavy atom. The lowest BCUT2D eigenvalue weighted by Gasteiger charge is -2.23. The molecule has 1 saturated carbocycles. The fourth-order valence-electron chi connectivity index (χ4n) is 3.98. The molecular formula is C26H24F3NO2. The molecule has 0 radical (unpaired) electrons. The summed E-state index contributed by atoms with van der Waals surface area (Å²) in [7, 11) is 0. The van der Waals surface area contributed by atoms with E-state index in [4.69, 9.17) is 4.74 Å². The number of halogens is 3. The fourth-order valence-corrected chi connectivity index (χ4v) is 3.98. The molecule has 0 saturated heterocycles. The minimum absolute atomic E-state index is 0.0575. The van der Waals surface area contributed by atoms with E-state index in [0.717, 1.165) is 31.7 Å². The molecule has 3 nitrogen and oxygen atoms in total. The Labute approximate surface area is 185 Å². The van der Waals surface area contributed by atoms with Gasteiger partial charge in [-0.3, -0.25) is 4.79 Å². The third-order valence-corrected chi connectivity index (χ3v) is 5.72. The van der Waals surface area contributed by atoms with E-state index in [2.05, 4.69) is 5.32 Å². The van der Waals surface area contributed by atoms with Crippen LogP contribution in [0.1, 0.15) is 59.7 Å². The van der Waals surface area contributed by atoms with Crippen molar-refractivity contribution in [1.29, 1.82) is 0 Å². The molecule has 0 bridgehead atoms. The van der Waals surface area contributed by atoms with Crippen molar-refractivity contribution in [3.63, 3.8) is 0 Å². The number of carbonyl (C=O) groups excluding carboxylic acids is 1. The molecule has 0 atom stereocenters. The monoisotopic (exact) mass is 439 g/mol. The van der Waals surface area contributed by atoms with Crippen molar-refractivity contribution >= 4 is 5.91 Å². The summed E-state index contributed by atoms with van der Waals surface area (Å²) in [4.78, 5) is 12.5. The first-order chi connectivity index (χ1) is 15.5. The van der Waals surface area contributed by atoms with Crippen molar-refractivity contribution in [1.82, 2.24) is 5.32 Å². The van der Waals surface area contributed by atoms with Crippen molar-refractivity contribution in [3.05, 3.63) is 101 Å². The topological polar surface area (TPSA) is 38.3 Å². The zero-order valence-electron chi connectivity index (χ0n) is 17.5. The molecule has 1 N–H and O–H groups in total. The van der Waals surface area contributed by atoms with Crippen LogP contribution in [0.25, 0.3) is 0 Å². The van der Waals surface area contributed by atoms with Crippen LogP contribution in [0.5, 0.6) is 5.75 Å². The van der Waals surface area contributed by atoms with E-state index >= 15 is 0 Å². The molecule has 1 aliphatic carbocycles. The van der Waals surface area contributed by atoms with Crippen LogP contribution in [-0.4, -0.2) is 11.9 Å². The summed E-state index contributed by atoms with van der Waals surface area (Å²) in [5.74, 6) is -1.87. The zero-order valence-corrected chi connectivity index (χ0v) is 17.5. The third-order valence-electron chi connectivity index (χ3n) is 5.72. The van der Waals surface area contributed by atoms with Crippen LogP contribution < -0.4 is 10.1 Å². The summed E-state index contributed by atoms with van der Waals surface area (Å²) in [6.45, 7) is 0. The highest BCUT2D eigenvalue weighted by atomic mass is 19.1. The van der Waals surface area contributed by atoms with Gasteiger partial charge in [-0.25, -0.2) is 13.2 Å². The smallest absolute Gasteiger partial charge is 0.251 e. The maximum Gasteiger partial charge on any atom is 0.251 e. The Hall–Kier alpha value is -3.28. The van der Waals surface area contributed by atoms with Crippen molar-refractivity contribution in [3.8, 4) is 5.75 Å². The standard InChI is InChI=1S/C26H24F3NO2/c27-20-11-6-17(7-12-20)25(18-8-13-21(28)14-9-18)32-24-15-10-19(16-23(24)29)26(31)30-22-4-2-1-3-5-22/h6-16,22,25H,1-5H2,(H,30,31). The SMILES string of the molecule is O=C(NC1CCCCC1)c1ccc(OC(c2ccc(F)cc2)c2ccc(F)cc2)c(F)c1. The predicted octanol–water partition coefficient (Wildman–Crippen LogP) is 6.33. The second-order valence-electron chi connectivity index (χ2n) is 8.05. The molecular weight excluding hydrogens is 415 g/mol. The minimum atomic E-state index is -0.785. The number of hydrogen-bond acceptors (Lipinski definition) is 2. The molecule has 1 aliphatic rings. The number of rotatable bonds is 6. The number of carbonyl (C=O) groups is 1. The number of benzene rings is 3. The molecule has 3 aromatic carbocycles. The van der Waals surface area contributed by atoms with E-state index in [-0.39, 0.29) is 23.3 Å². The lowest BCUT2D eigenvalue weighted by atomic mass is 9.95. The summed E-state index contributed by atoms with van der Waals surface area (Å²) in [6.07, 6.45) is 4.43. The molecule has 0 spiro atoms. The van der Waals surface area contributed by atoms with Gasteiger partial charge in [-0.15, -0.1) is 0 Å². The molecule has 1 fully saturated rings. The molecule has 0 heterocycles.